The van der Waals surface area contributed by atoms with Crippen molar-refractivity contribution in [3.63, 3.8) is 0 Å². The molecule has 0 aliphatic rings. The van der Waals surface area contributed by atoms with Crippen molar-refractivity contribution in [1.82, 2.24) is 0 Å². The van der Waals surface area contributed by atoms with Crippen molar-refractivity contribution in [2.75, 3.05) is 10.6 Å². The van der Waals surface area contributed by atoms with Gasteiger partial charge in [0.1, 0.15) is 0 Å². The third-order valence-corrected chi connectivity index (χ3v) is 15.5. The molecule has 4 heteroatoms. The van der Waals surface area contributed by atoms with Crippen LogP contribution in [0.3, 0.4) is 0 Å². The van der Waals surface area contributed by atoms with Crippen molar-refractivity contribution in [2.45, 2.75) is 34.1 Å². The first-order valence-electron chi connectivity index (χ1n) is 20.9. The fraction of sp³-hybridized carbons (Fsp3) is 0.0877. The Labute approximate surface area is 365 Å². The third-order valence-electron chi connectivity index (χ3n) is 10.5. The molecule has 5 aromatic carbocycles. The fourth-order valence-corrected chi connectivity index (χ4v) is 12.0. The van der Waals surface area contributed by atoms with Gasteiger partial charge in [-0.2, -0.15) is 0 Å². The maximum atomic E-state index is 6.02. The van der Waals surface area contributed by atoms with Crippen LogP contribution in [0.25, 0.3) is 17.2 Å². The molecule has 0 atom stereocenters. The summed E-state index contributed by atoms with van der Waals surface area (Å²) in [6, 6.07) is 47.9. The predicted octanol–water partition coefficient (Wildman–Crippen LogP) is 13.4. The molecular formula is C57H60N3P. The van der Waals surface area contributed by atoms with E-state index in [-0.39, 0.29) is 0 Å². The molecule has 308 valence electrons. The maximum absolute atomic E-state index is 6.02. The Kier molecular flexibility index (Phi) is 17.0. The predicted molar refractivity (Wildman–Crippen MR) is 274 cm³/mol. The zero-order valence-corrected chi connectivity index (χ0v) is 37.1. The van der Waals surface area contributed by atoms with E-state index in [1.807, 2.05) is 86.7 Å². The molecule has 3 nitrogen and oxygen atoms in total. The second-order valence-corrected chi connectivity index (χ2v) is 18.6. The van der Waals surface area contributed by atoms with Crippen LogP contribution in [-0.4, -0.2) is 0 Å². The SMILES string of the molecule is C=C/C(=C\C=C\c1ccc(N)cc1)N(/C=C/C=C(\C=C/C)C(=C)/C=C\C(N)=C/C)c1ccc(-c2ccc([PH](/C(C)=C/C=C\CC)(c3ccccc3)c3ccccc3)cc2)cc1. The van der Waals surface area contributed by atoms with E-state index in [2.05, 4.69) is 184 Å². The number of allylic oxidation sites excluding steroid dienone is 16. The molecule has 0 bridgehead atoms. The van der Waals surface area contributed by atoms with Crippen molar-refractivity contribution in [2.24, 2.45) is 5.73 Å². The Morgan fingerprint density at radius 3 is 1.82 bits per heavy atom. The van der Waals surface area contributed by atoms with Crippen LogP contribution in [0.4, 0.5) is 11.4 Å². The number of benzene rings is 5. The van der Waals surface area contributed by atoms with E-state index < -0.39 is 7.26 Å². The van der Waals surface area contributed by atoms with Crippen molar-refractivity contribution in [1.29, 1.82) is 0 Å². The molecule has 0 amide bonds. The van der Waals surface area contributed by atoms with E-state index in [1.165, 1.54) is 21.2 Å². The molecule has 0 heterocycles. The average Bonchev–Trinajstić information content (AvgIpc) is 3.30. The van der Waals surface area contributed by atoms with Gasteiger partial charge < -0.3 is 11.5 Å². The molecule has 0 unspecified atom stereocenters. The number of hydrogen-bond acceptors (Lipinski definition) is 3. The zero-order chi connectivity index (χ0) is 43.5. The minimum absolute atomic E-state index is 0.687. The topological polar surface area (TPSA) is 55.3 Å². The summed E-state index contributed by atoms with van der Waals surface area (Å²) in [5.41, 5.74) is 20.4. The third kappa shape index (κ3) is 11.9. The van der Waals surface area contributed by atoms with Crippen LogP contribution in [0.1, 0.15) is 39.7 Å². The van der Waals surface area contributed by atoms with Crippen LogP contribution in [0, 0.1) is 0 Å². The summed E-state index contributed by atoms with van der Waals surface area (Å²) in [5.74, 6) is 0. The van der Waals surface area contributed by atoms with Gasteiger partial charge in [-0.1, -0.05) is 49.1 Å². The molecule has 0 saturated heterocycles. The van der Waals surface area contributed by atoms with E-state index in [0.29, 0.717) is 5.70 Å². The molecule has 0 radical (unpaired) electrons. The summed E-state index contributed by atoms with van der Waals surface area (Å²) in [6.45, 7) is 16.9. The molecule has 5 rings (SSSR count). The number of nitrogen functional groups attached to an aromatic ring is 1. The van der Waals surface area contributed by atoms with Gasteiger partial charge in [-0.15, -0.1) is 0 Å². The second kappa shape index (κ2) is 23.0. The molecule has 0 aromatic heterocycles. The second-order valence-electron chi connectivity index (χ2n) is 14.6. The summed E-state index contributed by atoms with van der Waals surface area (Å²) >= 11 is 0. The fourth-order valence-electron chi connectivity index (χ4n) is 7.26. The molecular weight excluding hydrogens is 758 g/mol. The van der Waals surface area contributed by atoms with Crippen molar-refractivity contribution >= 4 is 40.6 Å². The van der Waals surface area contributed by atoms with Crippen LogP contribution in [0.15, 0.2) is 260 Å². The van der Waals surface area contributed by atoms with Crippen LogP contribution < -0.4 is 32.3 Å². The van der Waals surface area contributed by atoms with Crippen LogP contribution in [0.5, 0.6) is 0 Å². The first kappa shape index (κ1) is 45.2. The van der Waals surface area contributed by atoms with E-state index in [0.717, 1.165) is 51.3 Å². The molecule has 0 fully saturated rings. The zero-order valence-electron chi connectivity index (χ0n) is 36.1. The van der Waals surface area contributed by atoms with Gasteiger partial charge in [0.05, 0.1) is 0 Å². The van der Waals surface area contributed by atoms with Gasteiger partial charge in [-0.05, 0) is 48.8 Å². The van der Waals surface area contributed by atoms with Crippen molar-refractivity contribution in [3.8, 4) is 11.1 Å². The van der Waals surface area contributed by atoms with E-state index in [1.54, 1.807) is 0 Å². The molecule has 0 saturated carbocycles. The molecule has 4 N–H and O–H groups in total. The molecule has 5 aromatic rings. The Morgan fingerprint density at radius 2 is 1.26 bits per heavy atom. The molecule has 61 heavy (non-hydrogen) atoms. The van der Waals surface area contributed by atoms with E-state index in [9.17, 15) is 0 Å². The summed E-state index contributed by atoms with van der Waals surface area (Å²) in [4.78, 5) is 2.13. The monoisotopic (exact) mass is 817 g/mol. The van der Waals surface area contributed by atoms with Gasteiger partial charge in [-0.25, -0.2) is 0 Å². The summed E-state index contributed by atoms with van der Waals surface area (Å²) in [5, 5.41) is 5.47. The minimum atomic E-state index is -2.58. The molecule has 0 spiro atoms. The Bertz CT molecular complexity index is 2450. The van der Waals surface area contributed by atoms with Gasteiger partial charge >= 0.3 is 247 Å². The normalized spacial score (nSPS) is 13.6. The number of rotatable bonds is 18. The van der Waals surface area contributed by atoms with Gasteiger partial charge in [0.25, 0.3) is 0 Å². The summed E-state index contributed by atoms with van der Waals surface area (Å²) in [6.07, 6.45) is 31.6. The first-order chi connectivity index (χ1) is 29.7. The molecule has 0 aliphatic carbocycles. The number of nitrogens with zero attached hydrogens (tertiary/aromatic N) is 1. The Hall–Kier alpha value is -6.93. The van der Waals surface area contributed by atoms with Gasteiger partial charge in [0.2, 0.25) is 0 Å². The van der Waals surface area contributed by atoms with Crippen molar-refractivity contribution < 1.29 is 0 Å². The van der Waals surface area contributed by atoms with Gasteiger partial charge in [-0.3, -0.25) is 0 Å². The van der Waals surface area contributed by atoms with Gasteiger partial charge in [0, 0.05) is 11.4 Å². The number of anilines is 2. The summed E-state index contributed by atoms with van der Waals surface area (Å²) < 4.78 is 0. The van der Waals surface area contributed by atoms with Crippen LogP contribution >= 0.6 is 7.26 Å². The first-order valence-corrected chi connectivity index (χ1v) is 22.9. The van der Waals surface area contributed by atoms with Crippen LogP contribution in [0.2, 0.25) is 0 Å². The van der Waals surface area contributed by atoms with Gasteiger partial charge in [0.15, 0.2) is 0 Å². The summed E-state index contributed by atoms with van der Waals surface area (Å²) in [7, 11) is -2.58. The Morgan fingerprint density at radius 1 is 0.672 bits per heavy atom. The van der Waals surface area contributed by atoms with E-state index >= 15 is 0 Å². The standard InChI is InChI=1S/C57H60N3P/c1-7-11-14-22-46(6)61(55-26-15-12-16-27-55,56-28-17-13-18-29-56)57-42-35-50(36-43-57)49-33-40-54(41-34-49)60(53(10-4)25-19-23-47-31-38-52(59)39-32-47)44-20-24-48(21-8-2)45(5)30-37-51(58)9-3/h8-44,61H,4-5,7,58-59H2,1-3,6H3/b14-11-,21-8-,23-19+,37-30-,44-20+,46-22+,48-24+,51-9+,53-25+. The average molecular weight is 818 g/mol. The Balaban J connectivity index is 1.54. The molecule has 0 aliphatic heterocycles. The van der Waals surface area contributed by atoms with Crippen molar-refractivity contribution in [3.05, 3.63) is 265 Å². The van der Waals surface area contributed by atoms with Crippen LogP contribution in [-0.2, 0) is 0 Å². The van der Waals surface area contributed by atoms with E-state index in [4.69, 9.17) is 11.5 Å². The number of nitrogens with two attached hydrogens (primary N) is 2. The quantitative estimate of drug-likeness (QED) is 0.0526. The number of hydrogen-bond donors (Lipinski definition) is 2.